The molecule has 0 atom stereocenters. The van der Waals surface area contributed by atoms with E-state index in [1.165, 1.54) is 0 Å². The van der Waals surface area contributed by atoms with E-state index in [1.54, 1.807) is 48.1 Å². The van der Waals surface area contributed by atoms with Crippen LogP contribution in [-0.4, -0.2) is 21.6 Å². The topological polar surface area (TPSA) is 89.2 Å². The van der Waals surface area contributed by atoms with Crippen molar-refractivity contribution in [3.8, 4) is 5.69 Å². The number of furan rings is 1. The molecule has 27 heavy (non-hydrogen) atoms. The monoisotopic (exact) mass is 360 g/mol. The fraction of sp³-hybridized carbons (Fsp3) is 0.0500. The number of carbonyl (C=O) groups excluding carboxylic acids is 2. The zero-order valence-corrected chi connectivity index (χ0v) is 14.5. The first-order chi connectivity index (χ1) is 13.1. The molecule has 0 saturated carbocycles. The van der Waals surface area contributed by atoms with Crippen LogP contribution in [0.4, 0.5) is 0 Å². The number of benzene rings is 2. The second-order valence-electron chi connectivity index (χ2n) is 5.96. The number of nitrogens with one attached hydrogen (secondary N) is 2. The van der Waals surface area contributed by atoms with Crippen molar-refractivity contribution in [2.24, 2.45) is 0 Å². The normalized spacial score (nSPS) is 10.7. The minimum absolute atomic E-state index is 0.172. The highest BCUT2D eigenvalue weighted by atomic mass is 16.3. The predicted molar refractivity (Wildman–Crippen MR) is 99.4 cm³/mol. The molecule has 0 spiro atoms. The molecule has 2 aromatic heterocycles. The number of aromatic nitrogens is 2. The Morgan fingerprint density at radius 1 is 0.963 bits per heavy atom. The molecule has 7 heteroatoms. The third-order valence-electron chi connectivity index (χ3n) is 4.24. The van der Waals surface area contributed by atoms with Crippen LogP contribution in [-0.2, 0) is 0 Å². The Bertz CT molecular complexity index is 1110. The second-order valence-corrected chi connectivity index (χ2v) is 5.96. The molecule has 2 amide bonds. The molecule has 2 aromatic carbocycles. The van der Waals surface area contributed by atoms with Gasteiger partial charge in [0.1, 0.15) is 5.58 Å². The number of hydrazine groups is 1. The number of para-hydroxylation sites is 1. The first kappa shape index (κ1) is 16.6. The summed E-state index contributed by atoms with van der Waals surface area (Å²) in [6.07, 6.45) is 3.49. The molecule has 2 N–H and O–H groups in total. The molecule has 0 aliphatic carbocycles. The van der Waals surface area contributed by atoms with Crippen molar-refractivity contribution >= 4 is 22.8 Å². The SMILES string of the molecule is Cc1c(C(=O)NNC(=O)c2ccc(-n3cccn3)cc2)oc2ccccc12. The second kappa shape index (κ2) is 6.80. The van der Waals surface area contributed by atoms with Gasteiger partial charge in [0.15, 0.2) is 5.76 Å². The first-order valence-electron chi connectivity index (χ1n) is 8.32. The van der Waals surface area contributed by atoms with E-state index in [9.17, 15) is 9.59 Å². The number of aryl methyl sites for hydroxylation is 1. The maximum Gasteiger partial charge on any atom is 0.305 e. The van der Waals surface area contributed by atoms with Crippen molar-refractivity contribution in [3.05, 3.63) is 83.9 Å². The van der Waals surface area contributed by atoms with E-state index < -0.39 is 11.8 Å². The molecule has 0 aliphatic rings. The molecule has 7 nitrogen and oxygen atoms in total. The summed E-state index contributed by atoms with van der Waals surface area (Å²) >= 11 is 0. The van der Waals surface area contributed by atoms with Gasteiger partial charge in [0, 0.05) is 28.9 Å². The quantitative estimate of drug-likeness (QED) is 0.550. The Hall–Kier alpha value is -3.87. The highest BCUT2D eigenvalue weighted by Crippen LogP contribution is 2.24. The van der Waals surface area contributed by atoms with E-state index in [0.717, 1.165) is 16.6 Å². The molecule has 0 unspecified atom stereocenters. The van der Waals surface area contributed by atoms with Crippen LogP contribution in [0.2, 0.25) is 0 Å². The summed E-state index contributed by atoms with van der Waals surface area (Å²) in [5, 5.41) is 4.99. The Labute approximate surface area is 154 Å². The van der Waals surface area contributed by atoms with Crippen LogP contribution in [0, 0.1) is 6.92 Å². The lowest BCUT2D eigenvalue weighted by Crippen LogP contribution is -2.41. The summed E-state index contributed by atoms with van der Waals surface area (Å²) in [6.45, 7) is 1.80. The van der Waals surface area contributed by atoms with Gasteiger partial charge in [0.2, 0.25) is 0 Å². The third-order valence-corrected chi connectivity index (χ3v) is 4.24. The number of carbonyl (C=O) groups is 2. The number of amides is 2. The summed E-state index contributed by atoms with van der Waals surface area (Å²) < 4.78 is 7.27. The van der Waals surface area contributed by atoms with Gasteiger partial charge < -0.3 is 4.42 Å². The molecule has 0 aliphatic heterocycles. The molecule has 4 aromatic rings. The van der Waals surface area contributed by atoms with Gasteiger partial charge in [0.25, 0.3) is 5.91 Å². The number of hydrogen-bond acceptors (Lipinski definition) is 4. The fourth-order valence-electron chi connectivity index (χ4n) is 2.82. The maximum absolute atomic E-state index is 12.3. The average Bonchev–Trinajstić information content (AvgIpc) is 3.35. The van der Waals surface area contributed by atoms with E-state index in [1.807, 2.05) is 30.5 Å². The fourth-order valence-corrected chi connectivity index (χ4v) is 2.82. The van der Waals surface area contributed by atoms with E-state index >= 15 is 0 Å². The van der Waals surface area contributed by atoms with Crippen molar-refractivity contribution < 1.29 is 14.0 Å². The summed E-state index contributed by atoms with van der Waals surface area (Å²) in [4.78, 5) is 24.6. The van der Waals surface area contributed by atoms with Gasteiger partial charge in [-0.1, -0.05) is 18.2 Å². The lowest BCUT2D eigenvalue weighted by atomic mass is 10.1. The van der Waals surface area contributed by atoms with E-state index in [4.69, 9.17) is 4.42 Å². The Kier molecular flexibility index (Phi) is 4.18. The van der Waals surface area contributed by atoms with Crippen LogP contribution in [0.5, 0.6) is 0 Å². The lowest BCUT2D eigenvalue weighted by molar-refractivity contribution is 0.0831. The van der Waals surface area contributed by atoms with Crippen molar-refractivity contribution in [3.63, 3.8) is 0 Å². The van der Waals surface area contributed by atoms with Crippen molar-refractivity contribution in [2.75, 3.05) is 0 Å². The van der Waals surface area contributed by atoms with Crippen LogP contribution < -0.4 is 10.9 Å². The van der Waals surface area contributed by atoms with Crippen LogP contribution in [0.25, 0.3) is 16.7 Å². The van der Waals surface area contributed by atoms with Gasteiger partial charge in [-0.05, 0) is 43.3 Å². The van der Waals surface area contributed by atoms with Crippen molar-refractivity contribution in [2.45, 2.75) is 6.92 Å². The first-order valence-corrected chi connectivity index (χ1v) is 8.32. The molecule has 4 rings (SSSR count). The molecule has 2 heterocycles. The molecule has 0 fully saturated rings. The average molecular weight is 360 g/mol. The maximum atomic E-state index is 12.3. The Morgan fingerprint density at radius 3 is 2.41 bits per heavy atom. The molecule has 134 valence electrons. The number of nitrogens with zero attached hydrogens (tertiary/aromatic N) is 2. The molecule has 0 saturated heterocycles. The third kappa shape index (κ3) is 3.18. The standard InChI is InChI=1S/C20H16N4O3/c1-13-16-5-2-3-6-17(16)27-18(13)20(26)23-22-19(25)14-7-9-15(10-8-14)24-12-4-11-21-24/h2-12H,1H3,(H,22,25)(H,23,26). The zero-order chi connectivity index (χ0) is 18.8. The molecular formula is C20H16N4O3. The van der Waals surface area contributed by atoms with Crippen LogP contribution in [0.1, 0.15) is 26.5 Å². The number of rotatable bonds is 3. The van der Waals surface area contributed by atoms with Crippen molar-refractivity contribution in [1.29, 1.82) is 0 Å². The van der Waals surface area contributed by atoms with Gasteiger partial charge >= 0.3 is 5.91 Å². The van der Waals surface area contributed by atoms with Crippen LogP contribution >= 0.6 is 0 Å². The van der Waals surface area contributed by atoms with Gasteiger partial charge in [-0.2, -0.15) is 5.10 Å². The molecular weight excluding hydrogens is 344 g/mol. The smallest absolute Gasteiger partial charge is 0.305 e. The highest BCUT2D eigenvalue weighted by Gasteiger charge is 2.18. The molecule has 0 radical (unpaired) electrons. The minimum Gasteiger partial charge on any atom is -0.451 e. The van der Waals surface area contributed by atoms with Gasteiger partial charge in [0.05, 0.1) is 5.69 Å². The lowest BCUT2D eigenvalue weighted by Gasteiger charge is -2.07. The zero-order valence-electron chi connectivity index (χ0n) is 14.5. The van der Waals surface area contributed by atoms with Gasteiger partial charge in [-0.3, -0.25) is 20.4 Å². The van der Waals surface area contributed by atoms with E-state index in [2.05, 4.69) is 16.0 Å². The van der Waals surface area contributed by atoms with Crippen LogP contribution in [0.3, 0.4) is 0 Å². The molecule has 0 bridgehead atoms. The Balaban J connectivity index is 1.44. The summed E-state index contributed by atoms with van der Waals surface area (Å²) in [6, 6.07) is 16.1. The number of hydrogen-bond donors (Lipinski definition) is 2. The van der Waals surface area contributed by atoms with E-state index in [-0.39, 0.29) is 5.76 Å². The number of fused-ring (bicyclic) bond motifs is 1. The predicted octanol–water partition coefficient (Wildman–Crippen LogP) is 3.00. The summed E-state index contributed by atoms with van der Waals surface area (Å²) in [7, 11) is 0. The minimum atomic E-state index is -0.509. The Morgan fingerprint density at radius 2 is 1.70 bits per heavy atom. The summed E-state index contributed by atoms with van der Waals surface area (Å²) in [5.74, 6) is -0.764. The van der Waals surface area contributed by atoms with E-state index in [0.29, 0.717) is 11.1 Å². The summed E-state index contributed by atoms with van der Waals surface area (Å²) in [5.41, 5.74) is 7.38. The van der Waals surface area contributed by atoms with Gasteiger partial charge in [-0.15, -0.1) is 0 Å². The van der Waals surface area contributed by atoms with Gasteiger partial charge in [-0.25, -0.2) is 4.68 Å². The largest absolute Gasteiger partial charge is 0.451 e. The van der Waals surface area contributed by atoms with Crippen molar-refractivity contribution in [1.82, 2.24) is 20.6 Å². The van der Waals surface area contributed by atoms with Crippen LogP contribution in [0.15, 0.2) is 71.4 Å². The highest BCUT2D eigenvalue weighted by molar-refractivity contribution is 6.01.